The van der Waals surface area contributed by atoms with Gasteiger partial charge in [-0.05, 0) is 30.4 Å². The first-order valence-corrected chi connectivity index (χ1v) is 16.0. The highest BCUT2D eigenvalue weighted by Crippen LogP contribution is 2.49. The largest absolute Gasteiger partial charge is 0.468 e. The number of anilines is 1. The summed E-state index contributed by atoms with van der Waals surface area (Å²) < 4.78 is 39.0. The fourth-order valence-electron chi connectivity index (χ4n) is 5.48. The highest BCUT2D eigenvalue weighted by molar-refractivity contribution is 7.52. The molecule has 14 nitrogen and oxygen atoms in total. The fraction of sp³-hybridized carbons (Fsp3) is 0.290. The number of benzene rings is 3. The third-order valence-electron chi connectivity index (χ3n) is 7.88. The molecule has 5 aromatic rings. The van der Waals surface area contributed by atoms with E-state index in [1.807, 2.05) is 54.6 Å². The number of methoxy groups -OCH3 is 1. The minimum Gasteiger partial charge on any atom is -0.468 e. The van der Waals surface area contributed by atoms with Crippen molar-refractivity contribution in [2.75, 3.05) is 19.5 Å². The first kappa shape index (κ1) is 31.5. The Kier molecular flexibility index (Phi) is 8.75. The van der Waals surface area contributed by atoms with Crippen molar-refractivity contribution in [2.45, 2.75) is 43.3 Å². The topological polar surface area (TPSA) is 193 Å². The summed E-state index contributed by atoms with van der Waals surface area (Å²) in [6, 6.07) is 20.6. The van der Waals surface area contributed by atoms with E-state index in [2.05, 4.69) is 20.2 Å². The molecule has 2 aromatic heterocycles. The van der Waals surface area contributed by atoms with Crippen LogP contribution in [0.5, 0.6) is 5.75 Å². The van der Waals surface area contributed by atoms with Crippen LogP contribution in [-0.2, 0) is 29.8 Å². The molecule has 5 N–H and O–H groups in total. The maximum absolute atomic E-state index is 14.6. The van der Waals surface area contributed by atoms with Crippen molar-refractivity contribution in [2.24, 2.45) is 0 Å². The maximum Gasteiger partial charge on any atom is 0.459 e. The minimum atomic E-state index is -4.43. The predicted molar refractivity (Wildman–Crippen MR) is 167 cm³/mol. The molecule has 0 bridgehead atoms. The number of nitrogens with one attached hydrogen (secondary N) is 1. The van der Waals surface area contributed by atoms with Crippen LogP contribution in [0, 0.1) is 0 Å². The van der Waals surface area contributed by atoms with Gasteiger partial charge in [0.15, 0.2) is 11.5 Å². The molecule has 0 aliphatic carbocycles. The van der Waals surface area contributed by atoms with E-state index in [-0.39, 0.29) is 23.6 Å². The van der Waals surface area contributed by atoms with Gasteiger partial charge in [0.1, 0.15) is 42.0 Å². The number of nitrogens with two attached hydrogens (primary N) is 1. The number of carbonyl (C=O) groups excluding carboxylic acids is 1. The maximum atomic E-state index is 14.6. The van der Waals surface area contributed by atoms with Crippen LogP contribution >= 0.6 is 7.75 Å². The van der Waals surface area contributed by atoms with Gasteiger partial charge < -0.3 is 29.9 Å². The zero-order valence-electron chi connectivity index (χ0n) is 25.0. The van der Waals surface area contributed by atoms with Crippen LogP contribution in [0.25, 0.3) is 16.4 Å². The number of aliphatic hydroxyl groups is 2. The zero-order valence-corrected chi connectivity index (χ0v) is 25.9. The first-order chi connectivity index (χ1) is 22.1. The Labute approximate surface area is 263 Å². The summed E-state index contributed by atoms with van der Waals surface area (Å²) in [5, 5.41) is 30.9. The monoisotopic (exact) mass is 648 g/mol. The molecule has 3 heterocycles. The number of imidazole rings is 1. The molecule has 6 atom stereocenters. The highest BCUT2D eigenvalue weighted by Gasteiger charge is 2.54. The lowest BCUT2D eigenvalue weighted by molar-refractivity contribution is -0.142. The van der Waals surface area contributed by atoms with Gasteiger partial charge in [-0.15, -0.1) is 0 Å². The van der Waals surface area contributed by atoms with Gasteiger partial charge in [-0.1, -0.05) is 66.7 Å². The molecule has 0 radical (unpaired) electrons. The van der Waals surface area contributed by atoms with E-state index < -0.39 is 50.3 Å². The molecule has 46 heavy (non-hydrogen) atoms. The number of carbonyl (C=O) groups is 1. The van der Waals surface area contributed by atoms with E-state index in [4.69, 9.17) is 24.3 Å². The second-order valence-electron chi connectivity index (χ2n) is 11.0. The summed E-state index contributed by atoms with van der Waals surface area (Å²) in [6.45, 7) is 0.889. The number of aromatic nitrogens is 4. The number of nitrogen functional groups attached to an aromatic ring is 1. The third kappa shape index (κ3) is 6.18. The molecule has 0 spiro atoms. The van der Waals surface area contributed by atoms with E-state index in [1.54, 1.807) is 18.2 Å². The molecule has 1 aliphatic heterocycles. The number of hydrogen-bond acceptors (Lipinski definition) is 12. The van der Waals surface area contributed by atoms with Gasteiger partial charge in [0.05, 0.1) is 25.6 Å². The molecule has 1 unspecified atom stereocenters. The summed E-state index contributed by atoms with van der Waals surface area (Å²) in [4.78, 5) is 21.1. The summed E-state index contributed by atoms with van der Waals surface area (Å²) in [5.74, 6) is -0.339. The van der Waals surface area contributed by atoms with Crippen molar-refractivity contribution in [3.63, 3.8) is 0 Å². The molecule has 1 aliphatic rings. The summed E-state index contributed by atoms with van der Waals surface area (Å²) in [6.07, 6.45) is -1.08. The van der Waals surface area contributed by atoms with Crippen molar-refractivity contribution in [1.82, 2.24) is 24.7 Å². The molecule has 1 fully saturated rings. The van der Waals surface area contributed by atoms with E-state index in [1.165, 1.54) is 31.1 Å². The Hall–Kier alpha value is -4.43. The quantitative estimate of drug-likeness (QED) is 0.121. The van der Waals surface area contributed by atoms with Gasteiger partial charge in [0.25, 0.3) is 0 Å². The lowest BCUT2D eigenvalue weighted by Gasteiger charge is -2.27. The molecular formula is C31H33N6O8P. The second-order valence-corrected chi connectivity index (χ2v) is 12.7. The molecule has 240 valence electrons. The molecule has 1 saturated heterocycles. The van der Waals surface area contributed by atoms with Gasteiger partial charge in [-0.3, -0.25) is 9.32 Å². The van der Waals surface area contributed by atoms with Crippen LogP contribution in [0.3, 0.4) is 0 Å². The lowest BCUT2D eigenvalue weighted by Crippen LogP contribution is -2.44. The standard InChI is InChI=1S/C31H33N6O8P/c1-31(40)26(38)25(44-27(31)23-16-33-29-28(32)34-18-35-37(23)29)17-43-46(41,45-24-14-8-12-20-11-6-7-13-21(20)24)36-22(30(39)42-2)15-19-9-4-3-5-10-19/h3-14,16,18,22,25-27,38,40H,15,17H2,1-2H3,(H,36,41)(H2,32,34,35)/t22-,25+,26+,27-,31+,46?/m0/s1. The Morgan fingerprint density at radius 2 is 1.87 bits per heavy atom. The number of aliphatic hydroxyl groups excluding tert-OH is 1. The number of hydrogen-bond donors (Lipinski definition) is 4. The predicted octanol–water partition coefficient (Wildman–Crippen LogP) is 2.99. The zero-order chi connectivity index (χ0) is 32.5. The van der Waals surface area contributed by atoms with Gasteiger partial charge in [-0.25, -0.2) is 19.0 Å². The van der Waals surface area contributed by atoms with Crippen LogP contribution in [0.2, 0.25) is 0 Å². The molecule has 0 amide bonds. The fourth-order valence-corrected chi connectivity index (χ4v) is 7.00. The molecule has 3 aromatic carbocycles. The van der Waals surface area contributed by atoms with Crippen molar-refractivity contribution in [3.05, 3.63) is 96.6 Å². The van der Waals surface area contributed by atoms with Crippen molar-refractivity contribution < 1.29 is 38.1 Å². The van der Waals surface area contributed by atoms with E-state index in [9.17, 15) is 19.6 Å². The smallest absolute Gasteiger partial charge is 0.459 e. The Balaban J connectivity index is 1.30. The van der Waals surface area contributed by atoms with Crippen molar-refractivity contribution in [3.8, 4) is 5.75 Å². The van der Waals surface area contributed by atoms with E-state index in [0.29, 0.717) is 11.1 Å². The van der Waals surface area contributed by atoms with Crippen LogP contribution in [0.4, 0.5) is 5.82 Å². The summed E-state index contributed by atoms with van der Waals surface area (Å²) >= 11 is 0. The minimum absolute atomic E-state index is 0.109. The van der Waals surface area contributed by atoms with E-state index >= 15 is 0 Å². The van der Waals surface area contributed by atoms with Crippen molar-refractivity contribution >= 4 is 36.0 Å². The van der Waals surface area contributed by atoms with Gasteiger partial charge in [0, 0.05) is 5.39 Å². The van der Waals surface area contributed by atoms with E-state index in [0.717, 1.165) is 10.9 Å². The first-order valence-electron chi connectivity index (χ1n) is 14.4. The number of rotatable bonds is 11. The number of nitrogens with zero attached hydrogens (tertiary/aromatic N) is 4. The van der Waals surface area contributed by atoms with Crippen molar-refractivity contribution in [1.29, 1.82) is 0 Å². The van der Waals surface area contributed by atoms with Gasteiger partial charge in [0.2, 0.25) is 0 Å². The number of esters is 1. The number of fused-ring (bicyclic) bond motifs is 2. The average molecular weight is 649 g/mol. The van der Waals surface area contributed by atoms with Crippen LogP contribution in [0.15, 0.2) is 85.3 Å². The Bertz CT molecular complexity index is 1900. The summed E-state index contributed by atoms with van der Waals surface area (Å²) in [5.41, 5.74) is 5.38. The molecule has 0 saturated carbocycles. The normalized spacial score (nSPS) is 23.3. The molecule has 15 heteroatoms. The van der Waals surface area contributed by atoms with Gasteiger partial charge >= 0.3 is 13.7 Å². The lowest BCUT2D eigenvalue weighted by atomic mass is 9.91. The highest BCUT2D eigenvalue weighted by atomic mass is 31.2. The summed E-state index contributed by atoms with van der Waals surface area (Å²) in [7, 11) is -3.21. The SMILES string of the molecule is COC(=O)[C@H](Cc1ccccc1)NP(=O)(OC[C@H]1O[C@@H](c2cnc3c(N)ncnn23)[C@](C)(O)[C@@H]1O)Oc1cccc2ccccc12. The Morgan fingerprint density at radius 3 is 2.65 bits per heavy atom. The average Bonchev–Trinajstić information content (AvgIpc) is 3.58. The second kappa shape index (κ2) is 12.8. The molecule has 6 rings (SSSR count). The number of ether oxygens (including phenoxy) is 2. The van der Waals surface area contributed by atoms with Crippen LogP contribution in [-0.4, -0.2) is 73.3 Å². The third-order valence-corrected chi connectivity index (χ3v) is 9.43. The van der Waals surface area contributed by atoms with Crippen LogP contribution in [0.1, 0.15) is 24.3 Å². The molecular weight excluding hydrogens is 615 g/mol. The van der Waals surface area contributed by atoms with Crippen LogP contribution < -0.4 is 15.3 Å². The Morgan fingerprint density at radius 1 is 1.13 bits per heavy atom. The van der Waals surface area contributed by atoms with Gasteiger partial charge in [-0.2, -0.15) is 10.2 Å².